The van der Waals surface area contributed by atoms with E-state index in [0.717, 1.165) is 27.7 Å². The van der Waals surface area contributed by atoms with Crippen molar-refractivity contribution < 1.29 is 4.74 Å². The summed E-state index contributed by atoms with van der Waals surface area (Å²) in [4.78, 5) is 4.81. The number of hydrogen-bond donors (Lipinski definition) is 0. The van der Waals surface area contributed by atoms with Gasteiger partial charge in [0, 0.05) is 16.5 Å². The second-order valence-electron chi connectivity index (χ2n) is 4.80. The van der Waals surface area contributed by atoms with E-state index in [4.69, 9.17) is 9.72 Å². The maximum atomic E-state index is 5.55. The highest BCUT2D eigenvalue weighted by molar-refractivity contribution is 5.90. The molecule has 3 aromatic rings. The van der Waals surface area contributed by atoms with Crippen LogP contribution in [0.1, 0.15) is 12.5 Å². The highest BCUT2D eigenvalue weighted by atomic mass is 16.5. The van der Waals surface area contributed by atoms with Gasteiger partial charge in [0.05, 0.1) is 17.8 Å². The van der Waals surface area contributed by atoms with Crippen molar-refractivity contribution >= 4 is 16.7 Å². The molecule has 2 aromatic carbocycles. The molecule has 1 heterocycles. The minimum atomic E-state index is 0.605. The summed E-state index contributed by atoms with van der Waals surface area (Å²) in [5.41, 5.74) is 3.94. The van der Waals surface area contributed by atoms with Crippen LogP contribution in [0.25, 0.3) is 27.9 Å². The molecule has 0 amide bonds. The molecule has 21 heavy (non-hydrogen) atoms. The van der Waals surface area contributed by atoms with E-state index in [9.17, 15) is 0 Å². The summed E-state index contributed by atoms with van der Waals surface area (Å²) in [5.74, 6) is 0.667. The third-order valence-electron chi connectivity index (χ3n) is 3.41. The second-order valence-corrected chi connectivity index (χ2v) is 4.80. The lowest BCUT2D eigenvalue weighted by Gasteiger charge is -2.11. The fraction of sp³-hybridized carbons (Fsp3) is 0.105. The van der Waals surface area contributed by atoms with Gasteiger partial charge in [-0.2, -0.15) is 0 Å². The number of pyridine rings is 1. The van der Waals surface area contributed by atoms with E-state index < -0.39 is 0 Å². The molecule has 1 aromatic heterocycles. The smallest absolute Gasteiger partial charge is 0.121 e. The molecule has 0 saturated carbocycles. The van der Waals surface area contributed by atoms with Crippen molar-refractivity contribution in [1.29, 1.82) is 0 Å². The largest absolute Gasteiger partial charge is 0.494 e. The minimum absolute atomic E-state index is 0.605. The lowest BCUT2D eigenvalue weighted by molar-refractivity contribution is 0.299. The first kappa shape index (κ1) is 13.4. The monoisotopic (exact) mass is 275 g/mol. The van der Waals surface area contributed by atoms with Gasteiger partial charge in [-0.3, -0.25) is 0 Å². The van der Waals surface area contributed by atoms with Gasteiger partial charge in [0.2, 0.25) is 0 Å². The van der Waals surface area contributed by atoms with E-state index in [-0.39, 0.29) is 0 Å². The van der Waals surface area contributed by atoms with Gasteiger partial charge in [0.15, 0.2) is 0 Å². The van der Waals surface area contributed by atoms with Crippen LogP contribution in [0.2, 0.25) is 0 Å². The average Bonchev–Trinajstić information content (AvgIpc) is 2.55. The Labute approximate surface area is 124 Å². The number of ether oxygens (including phenoxy) is 1. The summed E-state index contributed by atoms with van der Waals surface area (Å²) >= 11 is 0. The zero-order chi connectivity index (χ0) is 14.7. The van der Waals surface area contributed by atoms with Crippen LogP contribution in [-0.2, 0) is 4.74 Å². The van der Waals surface area contributed by atoms with Crippen LogP contribution >= 0.6 is 0 Å². The third-order valence-corrected chi connectivity index (χ3v) is 3.41. The zero-order valence-corrected chi connectivity index (χ0v) is 12.0. The topological polar surface area (TPSA) is 22.1 Å². The van der Waals surface area contributed by atoms with Crippen LogP contribution in [0.4, 0.5) is 0 Å². The third kappa shape index (κ3) is 2.65. The van der Waals surface area contributed by atoms with Gasteiger partial charge < -0.3 is 4.74 Å². The molecule has 0 saturated heterocycles. The van der Waals surface area contributed by atoms with Crippen LogP contribution in [0.15, 0.2) is 67.2 Å². The molecular formula is C19H17NO. The maximum absolute atomic E-state index is 5.55. The van der Waals surface area contributed by atoms with Crippen LogP contribution in [0.5, 0.6) is 0 Å². The van der Waals surface area contributed by atoms with Gasteiger partial charge in [-0.15, -0.1) is 0 Å². The van der Waals surface area contributed by atoms with Crippen LogP contribution in [0, 0.1) is 0 Å². The Morgan fingerprint density at radius 1 is 1.00 bits per heavy atom. The highest BCUT2D eigenvalue weighted by Crippen LogP contribution is 2.26. The normalized spacial score (nSPS) is 10.5. The number of benzene rings is 2. The van der Waals surface area contributed by atoms with Crippen molar-refractivity contribution in [2.45, 2.75) is 6.92 Å². The van der Waals surface area contributed by atoms with Gasteiger partial charge in [0.25, 0.3) is 0 Å². The molecule has 0 atom stereocenters. The van der Waals surface area contributed by atoms with Crippen molar-refractivity contribution in [3.05, 3.63) is 72.8 Å². The Hall–Kier alpha value is -2.61. The van der Waals surface area contributed by atoms with Crippen molar-refractivity contribution in [2.24, 2.45) is 0 Å². The van der Waals surface area contributed by atoms with Crippen molar-refractivity contribution in [1.82, 2.24) is 4.98 Å². The molecule has 0 fully saturated rings. The molecule has 0 radical (unpaired) electrons. The second kappa shape index (κ2) is 5.80. The molecule has 104 valence electrons. The van der Waals surface area contributed by atoms with Crippen LogP contribution < -0.4 is 0 Å². The lowest BCUT2D eigenvalue weighted by atomic mass is 10.1. The Balaban J connectivity index is 2.15. The molecular weight excluding hydrogens is 258 g/mol. The summed E-state index contributed by atoms with van der Waals surface area (Å²) in [5, 5.41) is 1.09. The van der Waals surface area contributed by atoms with Crippen LogP contribution in [-0.4, -0.2) is 11.6 Å². The van der Waals surface area contributed by atoms with Gasteiger partial charge in [-0.25, -0.2) is 4.98 Å². The van der Waals surface area contributed by atoms with E-state index in [0.29, 0.717) is 12.4 Å². The van der Waals surface area contributed by atoms with E-state index >= 15 is 0 Å². The Bertz CT molecular complexity index is 778. The van der Waals surface area contributed by atoms with Gasteiger partial charge in [-0.05, 0) is 19.1 Å². The first-order chi connectivity index (χ1) is 10.3. The maximum Gasteiger partial charge on any atom is 0.121 e. The first-order valence-corrected chi connectivity index (χ1v) is 7.07. The fourth-order valence-corrected chi connectivity index (χ4v) is 2.39. The minimum Gasteiger partial charge on any atom is -0.494 e. The quantitative estimate of drug-likeness (QED) is 0.631. The summed E-state index contributed by atoms with van der Waals surface area (Å²) < 4.78 is 5.55. The number of fused-ring (bicyclic) bond motifs is 1. The molecule has 0 bridgehead atoms. The lowest BCUT2D eigenvalue weighted by Crippen LogP contribution is -1.94. The molecule has 2 nitrogen and oxygen atoms in total. The fourth-order valence-electron chi connectivity index (χ4n) is 2.39. The standard InChI is InChI=1S/C19H17NO/c1-3-21-14(2)17-11-7-10-16-12-13-18(20-19(16)17)15-8-5-4-6-9-15/h4-13H,2-3H2,1H3. The predicted octanol–water partition coefficient (Wildman–Crippen LogP) is 4.91. The number of rotatable bonds is 4. The Kier molecular flexibility index (Phi) is 3.69. The van der Waals surface area contributed by atoms with E-state index in [1.165, 1.54) is 0 Å². The molecule has 0 spiro atoms. The highest BCUT2D eigenvalue weighted by Gasteiger charge is 2.08. The number of para-hydroxylation sites is 1. The number of hydrogen-bond acceptors (Lipinski definition) is 2. The van der Waals surface area contributed by atoms with E-state index in [2.05, 4.69) is 30.8 Å². The van der Waals surface area contributed by atoms with Crippen molar-refractivity contribution in [2.75, 3.05) is 6.61 Å². The predicted molar refractivity (Wildman–Crippen MR) is 87.8 cm³/mol. The SMILES string of the molecule is C=C(OCC)c1cccc2ccc(-c3ccccc3)nc12. The van der Waals surface area contributed by atoms with Crippen LogP contribution in [0.3, 0.4) is 0 Å². The van der Waals surface area contributed by atoms with Crippen molar-refractivity contribution in [3.63, 3.8) is 0 Å². The number of aromatic nitrogens is 1. The molecule has 3 rings (SSSR count). The summed E-state index contributed by atoms with van der Waals surface area (Å²) in [6.07, 6.45) is 0. The molecule has 0 aliphatic rings. The molecule has 0 unspecified atom stereocenters. The average molecular weight is 275 g/mol. The Morgan fingerprint density at radius 3 is 2.57 bits per heavy atom. The van der Waals surface area contributed by atoms with Gasteiger partial charge in [-0.1, -0.05) is 55.1 Å². The molecule has 0 aliphatic carbocycles. The van der Waals surface area contributed by atoms with Gasteiger partial charge >= 0.3 is 0 Å². The summed E-state index contributed by atoms with van der Waals surface area (Å²) in [7, 11) is 0. The number of nitrogens with zero attached hydrogens (tertiary/aromatic N) is 1. The summed E-state index contributed by atoms with van der Waals surface area (Å²) in [6.45, 7) is 6.57. The Morgan fingerprint density at radius 2 is 1.81 bits per heavy atom. The zero-order valence-electron chi connectivity index (χ0n) is 12.0. The molecule has 0 aliphatic heterocycles. The molecule has 2 heteroatoms. The van der Waals surface area contributed by atoms with E-state index in [1.54, 1.807) is 0 Å². The van der Waals surface area contributed by atoms with Gasteiger partial charge in [0.1, 0.15) is 5.76 Å². The van der Waals surface area contributed by atoms with E-state index in [1.807, 2.05) is 43.3 Å². The van der Waals surface area contributed by atoms with Crippen molar-refractivity contribution in [3.8, 4) is 11.3 Å². The molecule has 0 N–H and O–H groups in total. The summed E-state index contributed by atoms with van der Waals surface area (Å²) in [6, 6.07) is 20.4. The first-order valence-electron chi connectivity index (χ1n) is 7.07.